The van der Waals surface area contributed by atoms with Crippen LogP contribution in [0.2, 0.25) is 0 Å². The van der Waals surface area contributed by atoms with Gasteiger partial charge in [0.1, 0.15) is 11.4 Å². The molecule has 0 aliphatic carbocycles. The highest BCUT2D eigenvalue weighted by atomic mass is 79.9. The lowest BCUT2D eigenvalue weighted by Crippen LogP contribution is -2.48. The Labute approximate surface area is 160 Å². The second-order valence-electron chi connectivity index (χ2n) is 6.38. The predicted octanol–water partition coefficient (Wildman–Crippen LogP) is 5.36. The van der Waals surface area contributed by atoms with Crippen molar-refractivity contribution in [2.75, 3.05) is 6.54 Å². The Kier molecular flexibility index (Phi) is 5.41. The third-order valence-corrected chi connectivity index (χ3v) is 5.23. The van der Waals surface area contributed by atoms with Crippen LogP contribution in [0.4, 0.5) is 9.18 Å². The van der Waals surface area contributed by atoms with E-state index >= 15 is 0 Å². The normalized spacial score (nSPS) is 21.2. The molecule has 0 N–H and O–H groups in total. The molecule has 2 atom stereocenters. The van der Waals surface area contributed by atoms with E-state index in [4.69, 9.17) is 4.74 Å². The predicted molar refractivity (Wildman–Crippen MR) is 101 cm³/mol. The molecule has 136 valence electrons. The molecule has 1 saturated heterocycles. The third-order valence-electron chi connectivity index (χ3n) is 4.76. The fraction of sp³-hybridized carbons (Fsp3) is 0.300. The molecule has 1 amide bonds. The van der Waals surface area contributed by atoms with Gasteiger partial charge in [-0.15, -0.1) is 6.58 Å². The summed E-state index contributed by atoms with van der Waals surface area (Å²) in [6.07, 6.45) is 4.10. The summed E-state index contributed by atoms with van der Waals surface area (Å²) in [5.41, 5.74) is 0.764. The van der Waals surface area contributed by atoms with Gasteiger partial charge in [-0.05, 0) is 52.7 Å². The number of carbonyl (C=O) groups excluding carboxylic acids is 1. The van der Waals surface area contributed by atoms with Crippen LogP contribution >= 0.6 is 15.9 Å². The number of nitrogens with zero attached hydrogens (tertiary/aromatic N) is 2. The highest BCUT2D eigenvalue weighted by Crippen LogP contribution is 2.39. The average molecular weight is 419 g/mol. The van der Waals surface area contributed by atoms with Crippen LogP contribution in [0.1, 0.15) is 37.1 Å². The number of hydrogen-bond donors (Lipinski definition) is 0. The molecular weight excluding hydrogens is 399 g/mol. The summed E-state index contributed by atoms with van der Waals surface area (Å²) >= 11 is 3.36. The van der Waals surface area contributed by atoms with Crippen LogP contribution < -0.4 is 0 Å². The van der Waals surface area contributed by atoms with Gasteiger partial charge in [0.25, 0.3) is 0 Å². The van der Waals surface area contributed by atoms with Gasteiger partial charge in [0, 0.05) is 30.1 Å². The number of hydrogen-bond acceptors (Lipinski definition) is 3. The van der Waals surface area contributed by atoms with Crippen molar-refractivity contribution < 1.29 is 13.9 Å². The van der Waals surface area contributed by atoms with Crippen molar-refractivity contribution in [3.8, 4) is 0 Å². The third kappa shape index (κ3) is 3.65. The topological polar surface area (TPSA) is 42.4 Å². The Morgan fingerprint density at radius 2 is 2.12 bits per heavy atom. The molecule has 1 aromatic heterocycles. The second kappa shape index (κ2) is 7.58. The molecule has 1 aromatic carbocycles. The fourth-order valence-electron chi connectivity index (χ4n) is 3.27. The smallest absolute Gasteiger partial charge is 0.411 e. The number of rotatable bonds is 5. The Morgan fingerprint density at radius 3 is 2.69 bits per heavy atom. The lowest BCUT2D eigenvalue weighted by Gasteiger charge is -2.43. The first-order chi connectivity index (χ1) is 12.4. The van der Waals surface area contributed by atoms with E-state index in [1.54, 1.807) is 29.3 Å². The summed E-state index contributed by atoms with van der Waals surface area (Å²) in [4.78, 5) is 18.8. The molecule has 2 aromatic rings. The summed E-state index contributed by atoms with van der Waals surface area (Å²) in [7, 11) is 0. The molecule has 26 heavy (non-hydrogen) atoms. The molecule has 1 aliphatic heterocycles. The molecule has 0 spiro atoms. The minimum Gasteiger partial charge on any atom is -0.437 e. The van der Waals surface area contributed by atoms with Crippen LogP contribution in [0.15, 0.2) is 59.7 Å². The van der Waals surface area contributed by atoms with Crippen LogP contribution in [-0.2, 0) is 10.3 Å². The number of pyridine rings is 1. The van der Waals surface area contributed by atoms with Crippen molar-refractivity contribution in [3.05, 3.63) is 76.8 Å². The maximum absolute atomic E-state index is 13.3. The molecule has 2 heterocycles. The van der Waals surface area contributed by atoms with Crippen molar-refractivity contribution in [1.82, 2.24) is 9.88 Å². The Morgan fingerprint density at radius 1 is 1.38 bits per heavy atom. The SMILES string of the molecule is C=CC[C@]1(c2ccc(F)cc2)CCN([C@@H](C)c2ccc(Br)cn2)C(=O)O1. The van der Waals surface area contributed by atoms with Crippen LogP contribution in [0, 0.1) is 5.82 Å². The number of aromatic nitrogens is 1. The van der Waals surface area contributed by atoms with Gasteiger partial charge in [-0.3, -0.25) is 9.88 Å². The van der Waals surface area contributed by atoms with Crippen molar-refractivity contribution >= 4 is 22.0 Å². The minimum atomic E-state index is -0.810. The molecule has 0 unspecified atom stereocenters. The largest absolute Gasteiger partial charge is 0.437 e. The van der Waals surface area contributed by atoms with E-state index in [0.29, 0.717) is 19.4 Å². The summed E-state index contributed by atoms with van der Waals surface area (Å²) in [6, 6.07) is 9.68. The molecular formula is C20H20BrFN2O2. The van der Waals surface area contributed by atoms with Gasteiger partial charge in [-0.25, -0.2) is 9.18 Å². The van der Waals surface area contributed by atoms with Gasteiger partial charge in [0.2, 0.25) is 0 Å². The summed E-state index contributed by atoms with van der Waals surface area (Å²) in [5, 5.41) is 0. The Bertz CT molecular complexity index is 794. The van der Waals surface area contributed by atoms with Crippen molar-refractivity contribution in [2.24, 2.45) is 0 Å². The lowest BCUT2D eigenvalue weighted by molar-refractivity contribution is -0.0592. The number of benzene rings is 1. The molecule has 6 heteroatoms. The van der Waals surface area contributed by atoms with Gasteiger partial charge in [0.05, 0.1) is 11.7 Å². The lowest BCUT2D eigenvalue weighted by atomic mass is 9.85. The van der Waals surface area contributed by atoms with E-state index in [1.165, 1.54) is 12.1 Å². The molecule has 3 rings (SSSR count). The van der Waals surface area contributed by atoms with Crippen molar-refractivity contribution in [3.63, 3.8) is 0 Å². The highest BCUT2D eigenvalue weighted by molar-refractivity contribution is 9.10. The van der Waals surface area contributed by atoms with E-state index < -0.39 is 11.7 Å². The number of ether oxygens (including phenoxy) is 1. The van der Waals surface area contributed by atoms with Gasteiger partial charge < -0.3 is 4.74 Å². The van der Waals surface area contributed by atoms with Crippen molar-refractivity contribution in [2.45, 2.75) is 31.4 Å². The van der Waals surface area contributed by atoms with E-state index in [2.05, 4.69) is 27.5 Å². The van der Waals surface area contributed by atoms with E-state index in [9.17, 15) is 9.18 Å². The zero-order chi connectivity index (χ0) is 18.7. The monoisotopic (exact) mass is 418 g/mol. The van der Waals surface area contributed by atoms with Crippen LogP contribution in [0.3, 0.4) is 0 Å². The van der Waals surface area contributed by atoms with Crippen LogP contribution in [-0.4, -0.2) is 22.5 Å². The van der Waals surface area contributed by atoms with Crippen LogP contribution in [0.5, 0.6) is 0 Å². The molecule has 1 aliphatic rings. The number of carbonyl (C=O) groups is 1. The zero-order valence-corrected chi connectivity index (χ0v) is 16.1. The number of halogens is 2. The van der Waals surface area contributed by atoms with Gasteiger partial charge in [0.15, 0.2) is 0 Å². The molecule has 4 nitrogen and oxygen atoms in total. The second-order valence-corrected chi connectivity index (χ2v) is 7.30. The maximum atomic E-state index is 13.3. The summed E-state index contributed by atoms with van der Waals surface area (Å²) in [6.45, 7) is 6.23. The Hall–Kier alpha value is -2.21. The first-order valence-electron chi connectivity index (χ1n) is 8.43. The fourth-order valence-corrected chi connectivity index (χ4v) is 3.50. The molecule has 1 fully saturated rings. The quantitative estimate of drug-likeness (QED) is 0.613. The van der Waals surface area contributed by atoms with Crippen molar-refractivity contribution in [1.29, 1.82) is 0 Å². The summed E-state index contributed by atoms with van der Waals surface area (Å²) in [5.74, 6) is -0.318. The zero-order valence-electron chi connectivity index (χ0n) is 14.5. The molecule has 0 bridgehead atoms. The van der Waals surface area contributed by atoms with Gasteiger partial charge >= 0.3 is 6.09 Å². The first-order valence-corrected chi connectivity index (χ1v) is 9.22. The molecule has 0 radical (unpaired) electrons. The summed E-state index contributed by atoms with van der Waals surface area (Å²) < 4.78 is 20.0. The van der Waals surface area contributed by atoms with Gasteiger partial charge in [-0.2, -0.15) is 0 Å². The Balaban J connectivity index is 1.83. The van der Waals surface area contributed by atoms with E-state index in [1.807, 2.05) is 19.1 Å². The van der Waals surface area contributed by atoms with Crippen LogP contribution in [0.25, 0.3) is 0 Å². The first kappa shape index (κ1) is 18.6. The minimum absolute atomic E-state index is 0.203. The van der Waals surface area contributed by atoms with E-state index in [0.717, 1.165) is 15.7 Å². The van der Waals surface area contributed by atoms with E-state index in [-0.39, 0.29) is 11.9 Å². The van der Waals surface area contributed by atoms with Gasteiger partial charge in [-0.1, -0.05) is 18.2 Å². The average Bonchev–Trinajstić information content (AvgIpc) is 2.63. The highest BCUT2D eigenvalue weighted by Gasteiger charge is 2.42. The number of amides is 1. The molecule has 0 saturated carbocycles. The maximum Gasteiger partial charge on any atom is 0.411 e. The standard InChI is InChI=1S/C20H20BrFN2O2/c1-3-10-20(15-4-7-17(22)8-5-15)11-12-24(19(25)26-20)14(2)18-9-6-16(21)13-23-18/h3-9,13-14H,1,10-12H2,2H3/t14-,20+/m0/s1. The number of cyclic esters (lactones) is 1.